The topological polar surface area (TPSA) is 86.5 Å². The SMILES string of the molecule is COc1cc(C=NNC(=O)c2c(C)nc3cc(C)ccn23)cc(OC)c1OC. The smallest absolute Gasteiger partial charge is 0.290 e. The van der Waals surface area contributed by atoms with Crippen LogP contribution in [-0.2, 0) is 0 Å². The third kappa shape index (κ3) is 3.62. The monoisotopic (exact) mass is 382 g/mol. The van der Waals surface area contributed by atoms with Gasteiger partial charge in [-0.15, -0.1) is 0 Å². The summed E-state index contributed by atoms with van der Waals surface area (Å²) >= 11 is 0. The van der Waals surface area contributed by atoms with Crippen molar-refractivity contribution in [2.75, 3.05) is 21.3 Å². The van der Waals surface area contributed by atoms with Gasteiger partial charge in [0.1, 0.15) is 11.3 Å². The Balaban J connectivity index is 1.84. The molecular weight excluding hydrogens is 360 g/mol. The third-order valence-corrected chi connectivity index (χ3v) is 4.24. The number of aromatic nitrogens is 2. The summed E-state index contributed by atoms with van der Waals surface area (Å²) in [6.07, 6.45) is 3.33. The van der Waals surface area contributed by atoms with E-state index in [9.17, 15) is 4.79 Å². The lowest BCUT2D eigenvalue weighted by atomic mass is 10.2. The lowest BCUT2D eigenvalue weighted by molar-refractivity contribution is 0.0948. The minimum absolute atomic E-state index is 0.349. The van der Waals surface area contributed by atoms with Gasteiger partial charge in [0.25, 0.3) is 5.91 Å². The van der Waals surface area contributed by atoms with Crippen molar-refractivity contribution in [3.05, 3.63) is 53.0 Å². The number of nitrogens with one attached hydrogen (secondary N) is 1. The van der Waals surface area contributed by atoms with Gasteiger partial charge in [-0.05, 0) is 43.7 Å². The van der Waals surface area contributed by atoms with E-state index >= 15 is 0 Å². The predicted octanol–water partition coefficient (Wildman–Crippen LogP) is 2.74. The second kappa shape index (κ2) is 7.99. The van der Waals surface area contributed by atoms with E-state index in [-0.39, 0.29) is 5.91 Å². The average Bonchev–Trinajstić information content (AvgIpc) is 3.01. The van der Waals surface area contributed by atoms with Crippen LogP contribution in [0.2, 0.25) is 0 Å². The van der Waals surface area contributed by atoms with E-state index in [0.717, 1.165) is 11.2 Å². The summed E-state index contributed by atoms with van der Waals surface area (Å²) in [5.41, 5.74) is 6.09. The maximum absolute atomic E-state index is 12.6. The number of nitrogens with zero attached hydrogens (tertiary/aromatic N) is 3. The van der Waals surface area contributed by atoms with Crippen LogP contribution in [0.3, 0.4) is 0 Å². The number of fused-ring (bicyclic) bond motifs is 1. The van der Waals surface area contributed by atoms with Gasteiger partial charge in [0, 0.05) is 11.8 Å². The molecule has 28 heavy (non-hydrogen) atoms. The lowest BCUT2D eigenvalue weighted by Crippen LogP contribution is -2.20. The van der Waals surface area contributed by atoms with Crippen molar-refractivity contribution in [1.82, 2.24) is 14.8 Å². The second-order valence-corrected chi connectivity index (χ2v) is 6.14. The molecule has 8 nitrogen and oxygen atoms in total. The van der Waals surface area contributed by atoms with E-state index in [1.54, 1.807) is 23.5 Å². The molecule has 0 fully saturated rings. The van der Waals surface area contributed by atoms with Gasteiger partial charge in [-0.2, -0.15) is 5.10 Å². The van der Waals surface area contributed by atoms with Gasteiger partial charge in [-0.25, -0.2) is 10.4 Å². The zero-order chi connectivity index (χ0) is 20.3. The van der Waals surface area contributed by atoms with Gasteiger partial charge >= 0.3 is 0 Å². The van der Waals surface area contributed by atoms with Crippen LogP contribution in [0.25, 0.3) is 5.65 Å². The first-order valence-corrected chi connectivity index (χ1v) is 8.57. The minimum atomic E-state index is -0.349. The molecule has 1 N–H and O–H groups in total. The number of hydrazone groups is 1. The van der Waals surface area contributed by atoms with Crippen LogP contribution in [0.5, 0.6) is 17.2 Å². The maximum atomic E-state index is 12.6. The van der Waals surface area contributed by atoms with Crippen molar-refractivity contribution >= 4 is 17.8 Å². The zero-order valence-corrected chi connectivity index (χ0v) is 16.4. The number of benzene rings is 1. The molecule has 0 atom stereocenters. The summed E-state index contributed by atoms with van der Waals surface area (Å²) < 4.78 is 17.7. The van der Waals surface area contributed by atoms with E-state index in [4.69, 9.17) is 14.2 Å². The van der Waals surface area contributed by atoms with Gasteiger partial charge in [0.05, 0.1) is 33.2 Å². The van der Waals surface area contributed by atoms with Crippen LogP contribution in [0.4, 0.5) is 0 Å². The molecule has 0 unspecified atom stereocenters. The van der Waals surface area contributed by atoms with Crippen LogP contribution >= 0.6 is 0 Å². The number of hydrogen-bond donors (Lipinski definition) is 1. The number of methoxy groups -OCH3 is 3. The normalized spacial score (nSPS) is 11.0. The van der Waals surface area contributed by atoms with Crippen molar-refractivity contribution in [3.63, 3.8) is 0 Å². The van der Waals surface area contributed by atoms with E-state index in [0.29, 0.717) is 34.2 Å². The maximum Gasteiger partial charge on any atom is 0.290 e. The molecule has 2 aromatic heterocycles. The molecule has 0 aliphatic rings. The summed E-state index contributed by atoms with van der Waals surface area (Å²) in [4.78, 5) is 17.0. The highest BCUT2D eigenvalue weighted by atomic mass is 16.5. The Morgan fingerprint density at radius 1 is 1.11 bits per heavy atom. The van der Waals surface area contributed by atoms with Gasteiger partial charge in [0.2, 0.25) is 5.75 Å². The first kappa shape index (κ1) is 19.2. The predicted molar refractivity (Wildman–Crippen MR) is 106 cm³/mol. The number of hydrogen-bond acceptors (Lipinski definition) is 6. The Morgan fingerprint density at radius 2 is 1.79 bits per heavy atom. The Morgan fingerprint density at radius 3 is 2.39 bits per heavy atom. The third-order valence-electron chi connectivity index (χ3n) is 4.24. The molecule has 0 saturated heterocycles. The fourth-order valence-corrected chi connectivity index (χ4v) is 2.93. The van der Waals surface area contributed by atoms with Gasteiger partial charge in [-0.3, -0.25) is 9.20 Å². The molecule has 0 radical (unpaired) electrons. The van der Waals surface area contributed by atoms with Gasteiger partial charge in [-0.1, -0.05) is 0 Å². The Kier molecular flexibility index (Phi) is 5.49. The molecule has 0 saturated carbocycles. The standard InChI is InChI=1S/C20H22N4O4/c1-12-6-7-24-17(8-12)22-13(2)18(24)20(25)23-21-11-14-9-15(26-3)19(28-5)16(10-14)27-4/h6-11H,1-5H3,(H,23,25). The van der Waals surface area contributed by atoms with Crippen molar-refractivity contribution in [2.45, 2.75) is 13.8 Å². The molecule has 0 aliphatic heterocycles. The zero-order valence-electron chi connectivity index (χ0n) is 16.4. The number of aryl methyl sites for hydroxylation is 2. The van der Waals surface area contributed by atoms with E-state index in [1.165, 1.54) is 27.5 Å². The first-order chi connectivity index (χ1) is 13.5. The van der Waals surface area contributed by atoms with Crippen LogP contribution in [0.1, 0.15) is 27.3 Å². The quantitative estimate of drug-likeness (QED) is 0.523. The molecule has 0 bridgehead atoms. The number of rotatable bonds is 6. The Hall–Kier alpha value is -3.55. The summed E-state index contributed by atoms with van der Waals surface area (Å²) in [6.45, 7) is 3.77. The molecule has 2 heterocycles. The van der Waals surface area contributed by atoms with E-state index in [1.807, 2.05) is 25.3 Å². The van der Waals surface area contributed by atoms with Crippen molar-refractivity contribution in [2.24, 2.45) is 5.10 Å². The second-order valence-electron chi connectivity index (χ2n) is 6.14. The van der Waals surface area contributed by atoms with Crippen LogP contribution in [-0.4, -0.2) is 42.8 Å². The molecule has 3 rings (SSSR count). The fraction of sp³-hybridized carbons (Fsp3) is 0.250. The summed E-state index contributed by atoms with van der Waals surface area (Å²) in [6, 6.07) is 7.31. The molecule has 1 aromatic carbocycles. The van der Waals surface area contributed by atoms with Gasteiger partial charge < -0.3 is 14.2 Å². The van der Waals surface area contributed by atoms with Gasteiger partial charge in [0.15, 0.2) is 11.5 Å². The van der Waals surface area contributed by atoms with Crippen LogP contribution in [0.15, 0.2) is 35.6 Å². The van der Waals surface area contributed by atoms with E-state index in [2.05, 4.69) is 15.5 Å². The molecule has 0 spiro atoms. The summed E-state index contributed by atoms with van der Waals surface area (Å²) in [5, 5.41) is 4.05. The number of ether oxygens (including phenoxy) is 3. The average molecular weight is 382 g/mol. The lowest BCUT2D eigenvalue weighted by Gasteiger charge is -2.12. The molecule has 1 amide bonds. The Labute approximate surface area is 162 Å². The molecule has 8 heteroatoms. The molecule has 146 valence electrons. The highest BCUT2D eigenvalue weighted by Gasteiger charge is 2.16. The van der Waals surface area contributed by atoms with Crippen molar-refractivity contribution in [3.8, 4) is 17.2 Å². The fourth-order valence-electron chi connectivity index (χ4n) is 2.93. The van der Waals surface area contributed by atoms with Crippen LogP contribution < -0.4 is 19.6 Å². The van der Waals surface area contributed by atoms with E-state index < -0.39 is 0 Å². The largest absolute Gasteiger partial charge is 0.493 e. The molecular formula is C20H22N4O4. The highest BCUT2D eigenvalue weighted by Crippen LogP contribution is 2.37. The number of amides is 1. The number of carbonyl (C=O) groups excluding carboxylic acids is 1. The summed E-state index contributed by atoms with van der Waals surface area (Å²) in [7, 11) is 4.61. The number of pyridine rings is 1. The molecule has 3 aromatic rings. The minimum Gasteiger partial charge on any atom is -0.493 e. The summed E-state index contributed by atoms with van der Waals surface area (Å²) in [5.74, 6) is 1.14. The van der Waals surface area contributed by atoms with Crippen molar-refractivity contribution < 1.29 is 19.0 Å². The number of carbonyl (C=O) groups is 1. The first-order valence-electron chi connectivity index (χ1n) is 8.57. The molecule has 0 aliphatic carbocycles. The van der Waals surface area contributed by atoms with Crippen molar-refractivity contribution in [1.29, 1.82) is 0 Å². The van der Waals surface area contributed by atoms with Crippen LogP contribution in [0, 0.1) is 13.8 Å². The highest BCUT2D eigenvalue weighted by molar-refractivity contribution is 5.95. The Bertz CT molecular complexity index is 1030. The number of imidazole rings is 1.